The number of rotatable bonds is 7. The minimum absolute atomic E-state index is 0.0629. The third-order valence-corrected chi connectivity index (χ3v) is 1.56. The van der Waals surface area contributed by atoms with Gasteiger partial charge in [-0.25, -0.2) is 0 Å². The Balaban J connectivity index is 4.08. The SMILES string of the molecule is C=CCN(CC(=O)O)CC(=O)NC(C)C. The molecule has 0 atom stereocenters. The molecule has 0 bridgehead atoms. The van der Waals surface area contributed by atoms with Crippen LogP contribution in [0.1, 0.15) is 13.8 Å². The number of carboxylic acid groups (broad SMARTS) is 1. The maximum Gasteiger partial charge on any atom is 0.317 e. The van der Waals surface area contributed by atoms with Crippen molar-refractivity contribution in [3.63, 3.8) is 0 Å². The van der Waals surface area contributed by atoms with Gasteiger partial charge in [-0.05, 0) is 13.8 Å². The van der Waals surface area contributed by atoms with Crippen LogP contribution in [0.25, 0.3) is 0 Å². The summed E-state index contributed by atoms with van der Waals surface area (Å²) >= 11 is 0. The molecule has 0 aliphatic rings. The lowest BCUT2D eigenvalue weighted by Gasteiger charge is -2.18. The zero-order valence-electron chi connectivity index (χ0n) is 9.19. The maximum absolute atomic E-state index is 11.3. The summed E-state index contributed by atoms with van der Waals surface area (Å²) in [7, 11) is 0. The summed E-state index contributed by atoms with van der Waals surface area (Å²) in [5, 5.41) is 11.3. The van der Waals surface area contributed by atoms with Gasteiger partial charge in [-0.1, -0.05) is 6.08 Å². The van der Waals surface area contributed by atoms with Gasteiger partial charge in [-0.15, -0.1) is 6.58 Å². The van der Waals surface area contributed by atoms with Crippen LogP contribution in [0.3, 0.4) is 0 Å². The first kappa shape index (κ1) is 13.6. The molecule has 0 aromatic carbocycles. The van der Waals surface area contributed by atoms with Gasteiger partial charge in [-0.3, -0.25) is 14.5 Å². The van der Waals surface area contributed by atoms with E-state index >= 15 is 0 Å². The average molecular weight is 214 g/mol. The first-order chi connectivity index (χ1) is 6.95. The second kappa shape index (κ2) is 7.00. The van der Waals surface area contributed by atoms with E-state index in [2.05, 4.69) is 11.9 Å². The molecule has 0 aliphatic heterocycles. The Labute approximate surface area is 89.8 Å². The van der Waals surface area contributed by atoms with E-state index < -0.39 is 5.97 Å². The number of hydrogen-bond acceptors (Lipinski definition) is 3. The summed E-state index contributed by atoms with van der Waals surface area (Å²) in [5.74, 6) is -1.12. The molecule has 0 aromatic rings. The van der Waals surface area contributed by atoms with Crippen LogP contribution in [-0.2, 0) is 9.59 Å². The molecule has 0 saturated heterocycles. The van der Waals surface area contributed by atoms with E-state index in [9.17, 15) is 9.59 Å². The summed E-state index contributed by atoms with van der Waals surface area (Å²) in [6.45, 7) is 7.53. The van der Waals surface area contributed by atoms with Crippen molar-refractivity contribution in [2.24, 2.45) is 0 Å². The van der Waals surface area contributed by atoms with Crippen LogP contribution in [0, 0.1) is 0 Å². The summed E-state index contributed by atoms with van der Waals surface area (Å²) < 4.78 is 0. The second-order valence-electron chi connectivity index (χ2n) is 3.57. The molecule has 0 radical (unpaired) electrons. The van der Waals surface area contributed by atoms with Crippen LogP contribution >= 0.6 is 0 Å². The largest absolute Gasteiger partial charge is 0.480 e. The molecule has 2 N–H and O–H groups in total. The van der Waals surface area contributed by atoms with E-state index in [4.69, 9.17) is 5.11 Å². The van der Waals surface area contributed by atoms with Gasteiger partial charge in [0.2, 0.25) is 5.91 Å². The van der Waals surface area contributed by atoms with Crippen molar-refractivity contribution in [3.05, 3.63) is 12.7 Å². The smallest absolute Gasteiger partial charge is 0.317 e. The summed E-state index contributed by atoms with van der Waals surface area (Å²) in [6.07, 6.45) is 1.57. The minimum Gasteiger partial charge on any atom is -0.480 e. The highest BCUT2D eigenvalue weighted by atomic mass is 16.4. The predicted octanol–water partition coefficient (Wildman–Crippen LogP) is 0.0836. The molecule has 0 fully saturated rings. The number of amides is 1. The van der Waals surface area contributed by atoms with E-state index in [0.29, 0.717) is 6.54 Å². The number of nitrogens with one attached hydrogen (secondary N) is 1. The third kappa shape index (κ3) is 7.69. The molecule has 86 valence electrons. The van der Waals surface area contributed by atoms with Crippen molar-refractivity contribution in [2.45, 2.75) is 19.9 Å². The van der Waals surface area contributed by atoms with Crippen molar-refractivity contribution >= 4 is 11.9 Å². The van der Waals surface area contributed by atoms with Gasteiger partial charge in [0, 0.05) is 12.6 Å². The monoisotopic (exact) mass is 214 g/mol. The lowest BCUT2D eigenvalue weighted by atomic mass is 10.3. The zero-order valence-corrected chi connectivity index (χ0v) is 9.19. The Hall–Kier alpha value is -1.36. The summed E-state index contributed by atoms with van der Waals surface area (Å²) in [4.78, 5) is 23.3. The van der Waals surface area contributed by atoms with Crippen LogP contribution in [-0.4, -0.2) is 47.6 Å². The molecule has 5 nitrogen and oxygen atoms in total. The van der Waals surface area contributed by atoms with Gasteiger partial charge >= 0.3 is 5.97 Å². The fraction of sp³-hybridized carbons (Fsp3) is 0.600. The molecule has 5 heteroatoms. The first-order valence-electron chi connectivity index (χ1n) is 4.80. The molecule has 0 aliphatic carbocycles. The van der Waals surface area contributed by atoms with Crippen molar-refractivity contribution in [1.29, 1.82) is 0 Å². The Kier molecular flexibility index (Phi) is 6.37. The average Bonchev–Trinajstić information content (AvgIpc) is 2.00. The standard InChI is InChI=1S/C10H18N2O3/c1-4-5-12(7-10(14)15)6-9(13)11-8(2)3/h4,8H,1,5-7H2,2-3H3,(H,11,13)(H,14,15). The Morgan fingerprint density at radius 1 is 1.47 bits per heavy atom. The van der Waals surface area contributed by atoms with Gasteiger partial charge in [0.15, 0.2) is 0 Å². The number of hydrogen-bond donors (Lipinski definition) is 2. The second-order valence-corrected chi connectivity index (χ2v) is 3.57. The molecule has 0 spiro atoms. The van der Waals surface area contributed by atoms with E-state index in [-0.39, 0.29) is 25.0 Å². The molecule has 0 heterocycles. The molecule has 0 rings (SSSR count). The van der Waals surface area contributed by atoms with Crippen LogP contribution in [0.15, 0.2) is 12.7 Å². The van der Waals surface area contributed by atoms with Crippen LogP contribution in [0.2, 0.25) is 0 Å². The van der Waals surface area contributed by atoms with Crippen LogP contribution < -0.4 is 5.32 Å². The first-order valence-corrected chi connectivity index (χ1v) is 4.80. The fourth-order valence-electron chi connectivity index (χ4n) is 1.13. The van der Waals surface area contributed by atoms with Gasteiger partial charge < -0.3 is 10.4 Å². The highest BCUT2D eigenvalue weighted by Gasteiger charge is 2.12. The maximum atomic E-state index is 11.3. The van der Waals surface area contributed by atoms with Crippen molar-refractivity contribution in [1.82, 2.24) is 10.2 Å². The van der Waals surface area contributed by atoms with E-state index in [1.807, 2.05) is 13.8 Å². The lowest BCUT2D eigenvalue weighted by Crippen LogP contribution is -2.42. The molecular formula is C10H18N2O3. The van der Waals surface area contributed by atoms with Crippen molar-refractivity contribution < 1.29 is 14.7 Å². The van der Waals surface area contributed by atoms with Crippen LogP contribution in [0.5, 0.6) is 0 Å². The molecular weight excluding hydrogens is 196 g/mol. The predicted molar refractivity (Wildman–Crippen MR) is 57.6 cm³/mol. The van der Waals surface area contributed by atoms with Crippen molar-refractivity contribution in [2.75, 3.05) is 19.6 Å². The lowest BCUT2D eigenvalue weighted by molar-refractivity contribution is -0.138. The highest BCUT2D eigenvalue weighted by molar-refractivity contribution is 5.79. The van der Waals surface area contributed by atoms with Crippen LogP contribution in [0.4, 0.5) is 0 Å². The fourth-order valence-corrected chi connectivity index (χ4v) is 1.13. The molecule has 15 heavy (non-hydrogen) atoms. The molecule has 0 unspecified atom stereocenters. The Morgan fingerprint density at radius 2 is 2.07 bits per heavy atom. The highest BCUT2D eigenvalue weighted by Crippen LogP contribution is 1.89. The van der Waals surface area contributed by atoms with E-state index in [0.717, 1.165) is 0 Å². The Morgan fingerprint density at radius 3 is 2.47 bits per heavy atom. The van der Waals surface area contributed by atoms with Gasteiger partial charge in [0.25, 0.3) is 0 Å². The summed E-state index contributed by atoms with van der Waals surface area (Å²) in [6, 6.07) is 0.0629. The number of aliphatic carboxylic acids is 1. The quantitative estimate of drug-likeness (QED) is 0.589. The van der Waals surface area contributed by atoms with Gasteiger partial charge in [0.05, 0.1) is 13.1 Å². The number of nitrogens with zero attached hydrogens (tertiary/aromatic N) is 1. The number of carbonyl (C=O) groups excluding carboxylic acids is 1. The number of carboxylic acids is 1. The summed E-state index contributed by atoms with van der Waals surface area (Å²) in [5.41, 5.74) is 0. The topological polar surface area (TPSA) is 69.6 Å². The van der Waals surface area contributed by atoms with E-state index in [1.165, 1.54) is 4.90 Å². The third-order valence-electron chi connectivity index (χ3n) is 1.56. The molecule has 1 amide bonds. The normalized spacial score (nSPS) is 10.4. The Bertz CT molecular complexity index is 239. The molecule has 0 saturated carbocycles. The zero-order chi connectivity index (χ0) is 11.8. The molecule has 0 aromatic heterocycles. The number of carbonyl (C=O) groups is 2. The van der Waals surface area contributed by atoms with Crippen molar-refractivity contribution in [3.8, 4) is 0 Å². The van der Waals surface area contributed by atoms with E-state index in [1.54, 1.807) is 6.08 Å². The van der Waals surface area contributed by atoms with Gasteiger partial charge in [0.1, 0.15) is 0 Å². The van der Waals surface area contributed by atoms with Gasteiger partial charge in [-0.2, -0.15) is 0 Å². The minimum atomic E-state index is -0.950.